The monoisotopic (exact) mass is 286 g/mol. The SMILES string of the molecule is Clc1ccccc1[C@H]1CCCN1CCc1ccncc1. The summed E-state index contributed by atoms with van der Waals surface area (Å²) in [5.74, 6) is 0. The maximum atomic E-state index is 6.35. The zero-order valence-corrected chi connectivity index (χ0v) is 12.3. The fourth-order valence-electron chi connectivity index (χ4n) is 3.01. The van der Waals surface area contributed by atoms with Gasteiger partial charge in [-0.25, -0.2) is 0 Å². The topological polar surface area (TPSA) is 16.1 Å². The molecule has 0 saturated carbocycles. The van der Waals surface area contributed by atoms with Crippen LogP contribution in [0.4, 0.5) is 0 Å². The molecule has 0 bridgehead atoms. The number of benzene rings is 1. The van der Waals surface area contributed by atoms with Gasteiger partial charge in [0.05, 0.1) is 0 Å². The third-order valence-electron chi connectivity index (χ3n) is 4.06. The van der Waals surface area contributed by atoms with E-state index in [-0.39, 0.29) is 0 Å². The molecule has 3 rings (SSSR count). The highest BCUT2D eigenvalue weighted by Crippen LogP contribution is 2.35. The third kappa shape index (κ3) is 3.02. The molecule has 0 spiro atoms. The van der Waals surface area contributed by atoms with Gasteiger partial charge in [0, 0.05) is 30.0 Å². The molecule has 2 nitrogen and oxygen atoms in total. The number of hydrogen-bond donors (Lipinski definition) is 0. The Morgan fingerprint density at radius 3 is 2.75 bits per heavy atom. The summed E-state index contributed by atoms with van der Waals surface area (Å²) in [6, 6.07) is 12.9. The molecule has 0 radical (unpaired) electrons. The van der Waals surface area contributed by atoms with Crippen LogP contribution in [0.2, 0.25) is 5.02 Å². The zero-order valence-electron chi connectivity index (χ0n) is 11.5. The van der Waals surface area contributed by atoms with E-state index in [1.54, 1.807) is 0 Å². The summed E-state index contributed by atoms with van der Waals surface area (Å²) in [4.78, 5) is 6.63. The van der Waals surface area contributed by atoms with E-state index in [4.69, 9.17) is 11.6 Å². The van der Waals surface area contributed by atoms with Gasteiger partial charge in [0.15, 0.2) is 0 Å². The largest absolute Gasteiger partial charge is 0.296 e. The first-order valence-corrected chi connectivity index (χ1v) is 7.60. The first-order valence-electron chi connectivity index (χ1n) is 7.22. The number of halogens is 1. The lowest BCUT2D eigenvalue weighted by Gasteiger charge is -2.25. The number of pyridine rings is 1. The summed E-state index contributed by atoms with van der Waals surface area (Å²) in [5.41, 5.74) is 2.63. The normalized spacial score (nSPS) is 19.4. The van der Waals surface area contributed by atoms with Crippen molar-refractivity contribution < 1.29 is 0 Å². The molecule has 0 aliphatic carbocycles. The standard InChI is InChI=1S/C17H19ClN2/c18-16-5-2-1-4-15(16)17-6-3-12-20(17)13-9-14-7-10-19-11-8-14/h1-2,4-5,7-8,10-11,17H,3,6,9,12-13H2/t17-/m1/s1. The fourth-order valence-corrected chi connectivity index (χ4v) is 3.28. The maximum Gasteiger partial charge on any atom is 0.0453 e. The van der Waals surface area contributed by atoms with E-state index in [0.29, 0.717) is 6.04 Å². The fraction of sp³-hybridized carbons (Fsp3) is 0.353. The number of nitrogens with zero attached hydrogens (tertiary/aromatic N) is 2. The molecule has 0 N–H and O–H groups in total. The molecule has 1 aromatic carbocycles. The van der Waals surface area contributed by atoms with Crippen molar-refractivity contribution in [2.45, 2.75) is 25.3 Å². The number of rotatable bonds is 4. The van der Waals surface area contributed by atoms with Gasteiger partial charge in [-0.3, -0.25) is 9.88 Å². The predicted molar refractivity (Wildman–Crippen MR) is 82.9 cm³/mol. The second kappa shape index (κ2) is 6.38. The van der Waals surface area contributed by atoms with Gasteiger partial charge in [0.2, 0.25) is 0 Å². The number of aromatic nitrogens is 1. The highest BCUT2D eigenvalue weighted by Gasteiger charge is 2.26. The van der Waals surface area contributed by atoms with Gasteiger partial charge in [-0.2, -0.15) is 0 Å². The Bertz CT molecular complexity index is 556. The van der Waals surface area contributed by atoms with Crippen molar-refractivity contribution in [2.75, 3.05) is 13.1 Å². The van der Waals surface area contributed by atoms with Crippen LogP contribution in [-0.4, -0.2) is 23.0 Å². The maximum absolute atomic E-state index is 6.35. The molecule has 3 heteroatoms. The first kappa shape index (κ1) is 13.6. The third-order valence-corrected chi connectivity index (χ3v) is 4.41. The van der Waals surface area contributed by atoms with E-state index >= 15 is 0 Å². The minimum absolute atomic E-state index is 0.477. The molecule has 2 aromatic rings. The van der Waals surface area contributed by atoms with Crippen molar-refractivity contribution in [3.05, 3.63) is 64.9 Å². The van der Waals surface area contributed by atoms with Crippen LogP contribution in [0.5, 0.6) is 0 Å². The quantitative estimate of drug-likeness (QED) is 0.841. The Kier molecular flexibility index (Phi) is 4.34. The Hall–Kier alpha value is -1.38. The van der Waals surface area contributed by atoms with Gasteiger partial charge >= 0.3 is 0 Å². The van der Waals surface area contributed by atoms with Crippen LogP contribution >= 0.6 is 11.6 Å². The molecule has 2 heterocycles. The molecular weight excluding hydrogens is 268 g/mol. The van der Waals surface area contributed by atoms with Gasteiger partial charge in [-0.1, -0.05) is 29.8 Å². The van der Waals surface area contributed by atoms with Gasteiger partial charge in [0.1, 0.15) is 0 Å². The summed E-state index contributed by atoms with van der Waals surface area (Å²) in [7, 11) is 0. The Morgan fingerprint density at radius 2 is 1.95 bits per heavy atom. The molecule has 104 valence electrons. The molecule has 20 heavy (non-hydrogen) atoms. The molecule has 1 aliphatic heterocycles. The van der Waals surface area contributed by atoms with Crippen molar-refractivity contribution in [1.29, 1.82) is 0 Å². The average Bonchev–Trinajstić information content (AvgIpc) is 2.95. The lowest BCUT2D eigenvalue weighted by molar-refractivity contribution is 0.260. The van der Waals surface area contributed by atoms with Gasteiger partial charge < -0.3 is 0 Å². The Morgan fingerprint density at radius 1 is 1.15 bits per heavy atom. The number of likely N-dealkylation sites (tertiary alicyclic amines) is 1. The zero-order chi connectivity index (χ0) is 13.8. The molecular formula is C17H19ClN2. The second-order valence-corrected chi connectivity index (χ2v) is 5.73. The summed E-state index contributed by atoms with van der Waals surface area (Å²) in [6.45, 7) is 2.25. The predicted octanol–water partition coefficient (Wildman–Crippen LogP) is 4.11. The van der Waals surface area contributed by atoms with E-state index in [1.807, 2.05) is 24.5 Å². The van der Waals surface area contributed by atoms with E-state index in [2.05, 4.69) is 34.1 Å². The number of hydrogen-bond acceptors (Lipinski definition) is 2. The van der Waals surface area contributed by atoms with E-state index in [0.717, 1.165) is 18.0 Å². The van der Waals surface area contributed by atoms with Crippen molar-refractivity contribution >= 4 is 11.6 Å². The smallest absolute Gasteiger partial charge is 0.0453 e. The second-order valence-electron chi connectivity index (χ2n) is 5.32. The van der Waals surface area contributed by atoms with Gasteiger partial charge in [-0.05, 0) is 55.1 Å². The summed E-state index contributed by atoms with van der Waals surface area (Å²) in [5, 5.41) is 0.897. The van der Waals surface area contributed by atoms with Crippen LogP contribution in [0.1, 0.15) is 30.0 Å². The van der Waals surface area contributed by atoms with E-state index in [1.165, 1.54) is 30.5 Å². The van der Waals surface area contributed by atoms with Crippen LogP contribution in [-0.2, 0) is 6.42 Å². The first-order chi connectivity index (χ1) is 9.84. The summed E-state index contributed by atoms with van der Waals surface area (Å²) >= 11 is 6.35. The molecule has 1 fully saturated rings. The highest BCUT2D eigenvalue weighted by molar-refractivity contribution is 6.31. The summed E-state index contributed by atoms with van der Waals surface area (Å²) < 4.78 is 0. The van der Waals surface area contributed by atoms with Crippen LogP contribution in [0, 0.1) is 0 Å². The van der Waals surface area contributed by atoms with Crippen molar-refractivity contribution in [1.82, 2.24) is 9.88 Å². The van der Waals surface area contributed by atoms with Gasteiger partial charge in [0.25, 0.3) is 0 Å². The Balaban J connectivity index is 1.69. The molecule has 1 atom stereocenters. The van der Waals surface area contributed by atoms with Crippen molar-refractivity contribution in [2.24, 2.45) is 0 Å². The Labute approximate surface area is 125 Å². The van der Waals surface area contributed by atoms with Crippen molar-refractivity contribution in [3.63, 3.8) is 0 Å². The van der Waals surface area contributed by atoms with Crippen LogP contribution in [0.25, 0.3) is 0 Å². The minimum atomic E-state index is 0.477. The molecule has 0 unspecified atom stereocenters. The molecule has 1 aromatic heterocycles. The summed E-state index contributed by atoms with van der Waals surface area (Å²) in [6.07, 6.45) is 7.27. The highest BCUT2D eigenvalue weighted by atomic mass is 35.5. The van der Waals surface area contributed by atoms with Gasteiger partial charge in [-0.15, -0.1) is 0 Å². The van der Waals surface area contributed by atoms with Crippen LogP contribution in [0.15, 0.2) is 48.8 Å². The van der Waals surface area contributed by atoms with E-state index < -0.39 is 0 Å². The minimum Gasteiger partial charge on any atom is -0.296 e. The van der Waals surface area contributed by atoms with Crippen molar-refractivity contribution in [3.8, 4) is 0 Å². The molecule has 0 amide bonds. The molecule has 1 saturated heterocycles. The average molecular weight is 287 g/mol. The van der Waals surface area contributed by atoms with Crippen LogP contribution in [0.3, 0.4) is 0 Å². The molecule has 1 aliphatic rings. The van der Waals surface area contributed by atoms with Crippen LogP contribution < -0.4 is 0 Å². The lowest BCUT2D eigenvalue weighted by Crippen LogP contribution is -2.25. The lowest BCUT2D eigenvalue weighted by atomic mass is 10.0. The van der Waals surface area contributed by atoms with E-state index in [9.17, 15) is 0 Å².